The fourth-order valence-electron chi connectivity index (χ4n) is 2.57. The molecule has 6 heteroatoms. The second kappa shape index (κ2) is 5.83. The number of hydrogen-bond acceptors (Lipinski definition) is 3. The summed E-state index contributed by atoms with van der Waals surface area (Å²) in [6, 6.07) is 6.93. The Bertz CT molecular complexity index is 621. The Kier molecular flexibility index (Phi) is 4.13. The molecule has 0 bridgehead atoms. The van der Waals surface area contributed by atoms with Crippen molar-refractivity contribution in [1.29, 1.82) is 5.26 Å². The molecule has 2 N–H and O–H groups in total. The molecule has 2 amide bonds. The zero-order chi connectivity index (χ0) is 15.6. The van der Waals surface area contributed by atoms with E-state index in [9.17, 15) is 9.59 Å². The van der Waals surface area contributed by atoms with Gasteiger partial charge in [-0.2, -0.15) is 5.26 Å². The van der Waals surface area contributed by atoms with Gasteiger partial charge in [-0.15, -0.1) is 0 Å². The lowest BCUT2D eigenvalue weighted by Crippen LogP contribution is -2.34. The molecule has 0 unspecified atom stereocenters. The van der Waals surface area contributed by atoms with Gasteiger partial charge in [0.1, 0.15) is 6.07 Å². The molecule has 1 aliphatic heterocycles. The van der Waals surface area contributed by atoms with Gasteiger partial charge in [-0.05, 0) is 24.5 Å². The van der Waals surface area contributed by atoms with Crippen molar-refractivity contribution in [2.45, 2.75) is 13.8 Å². The number of urea groups is 1. The summed E-state index contributed by atoms with van der Waals surface area (Å²) < 4.78 is 0. The minimum Gasteiger partial charge on any atom is -0.481 e. The van der Waals surface area contributed by atoms with Gasteiger partial charge in [-0.25, -0.2) is 4.79 Å². The van der Waals surface area contributed by atoms with Crippen LogP contribution in [0.3, 0.4) is 0 Å². The van der Waals surface area contributed by atoms with Gasteiger partial charge in [0.15, 0.2) is 0 Å². The molecular formula is C15H17N3O3. The molecule has 1 saturated heterocycles. The molecule has 0 radical (unpaired) electrons. The number of benzene rings is 1. The van der Waals surface area contributed by atoms with E-state index in [1.165, 1.54) is 4.90 Å². The second-order valence-corrected chi connectivity index (χ2v) is 5.37. The number of amides is 2. The van der Waals surface area contributed by atoms with Crippen LogP contribution < -0.4 is 5.32 Å². The van der Waals surface area contributed by atoms with Crippen molar-refractivity contribution >= 4 is 17.7 Å². The molecule has 1 aliphatic rings. The molecule has 21 heavy (non-hydrogen) atoms. The number of nitrogens with zero attached hydrogens (tertiary/aromatic N) is 2. The average molecular weight is 287 g/mol. The fourth-order valence-corrected chi connectivity index (χ4v) is 2.57. The summed E-state index contributed by atoms with van der Waals surface area (Å²) in [6.45, 7) is 4.21. The van der Waals surface area contributed by atoms with Crippen LogP contribution >= 0.6 is 0 Å². The van der Waals surface area contributed by atoms with Crippen LogP contribution in [0.1, 0.15) is 18.1 Å². The Morgan fingerprint density at radius 3 is 2.71 bits per heavy atom. The van der Waals surface area contributed by atoms with E-state index in [1.807, 2.05) is 6.92 Å². The Labute approximate surface area is 123 Å². The number of carbonyl (C=O) groups is 2. The van der Waals surface area contributed by atoms with Crippen molar-refractivity contribution in [3.05, 3.63) is 29.3 Å². The van der Waals surface area contributed by atoms with Crippen LogP contribution in [0.2, 0.25) is 0 Å². The van der Waals surface area contributed by atoms with Gasteiger partial charge in [0.05, 0.1) is 17.2 Å². The highest BCUT2D eigenvalue weighted by atomic mass is 16.4. The fraction of sp³-hybridized carbons (Fsp3) is 0.400. The van der Waals surface area contributed by atoms with Gasteiger partial charge in [0, 0.05) is 13.1 Å². The smallest absolute Gasteiger partial charge is 0.321 e. The molecule has 0 aliphatic carbocycles. The van der Waals surface area contributed by atoms with Gasteiger partial charge in [-0.3, -0.25) is 4.79 Å². The highest BCUT2D eigenvalue weighted by Crippen LogP contribution is 2.25. The van der Waals surface area contributed by atoms with Crippen molar-refractivity contribution in [3.63, 3.8) is 0 Å². The summed E-state index contributed by atoms with van der Waals surface area (Å²) in [4.78, 5) is 24.8. The molecule has 6 nitrogen and oxygen atoms in total. The number of carbonyl (C=O) groups excluding carboxylic acids is 1. The molecule has 1 aromatic rings. The van der Waals surface area contributed by atoms with Gasteiger partial charge < -0.3 is 15.3 Å². The number of carboxylic acids is 1. The summed E-state index contributed by atoms with van der Waals surface area (Å²) in [6.07, 6.45) is 0. The third-order valence-electron chi connectivity index (χ3n) is 3.84. The first-order valence-corrected chi connectivity index (χ1v) is 6.72. The van der Waals surface area contributed by atoms with E-state index < -0.39 is 11.9 Å². The van der Waals surface area contributed by atoms with Crippen LogP contribution in [0.15, 0.2) is 18.2 Å². The number of anilines is 1. The van der Waals surface area contributed by atoms with Crippen LogP contribution in [0.4, 0.5) is 10.5 Å². The van der Waals surface area contributed by atoms with Crippen LogP contribution in [0.25, 0.3) is 0 Å². The lowest BCUT2D eigenvalue weighted by Gasteiger charge is -2.17. The molecule has 110 valence electrons. The highest BCUT2D eigenvalue weighted by Gasteiger charge is 2.37. The standard InChI is InChI=1S/C15H17N3O3/c1-9-4-3-5-13(11(9)6-16)17-15(21)18-7-10(2)12(8-18)14(19)20/h3-5,10,12H,7-8H2,1-2H3,(H,17,21)(H,19,20)/t10-,12-/m1/s1. The molecule has 0 saturated carbocycles. The van der Waals surface area contributed by atoms with E-state index in [-0.39, 0.29) is 18.5 Å². The number of likely N-dealkylation sites (tertiary alicyclic amines) is 1. The Morgan fingerprint density at radius 2 is 2.14 bits per heavy atom. The number of nitrogens with one attached hydrogen (secondary N) is 1. The lowest BCUT2D eigenvalue weighted by atomic mass is 9.99. The predicted octanol–water partition coefficient (Wildman–Crippen LogP) is 2.05. The van der Waals surface area contributed by atoms with E-state index >= 15 is 0 Å². The zero-order valence-electron chi connectivity index (χ0n) is 12.0. The molecule has 2 atom stereocenters. The first kappa shape index (κ1) is 14.9. The average Bonchev–Trinajstić information content (AvgIpc) is 2.81. The summed E-state index contributed by atoms with van der Waals surface area (Å²) in [5, 5.41) is 20.9. The molecule has 0 aromatic heterocycles. The van der Waals surface area contributed by atoms with Crippen molar-refractivity contribution < 1.29 is 14.7 Å². The molecule has 2 rings (SSSR count). The van der Waals surface area contributed by atoms with E-state index in [2.05, 4.69) is 11.4 Å². The van der Waals surface area contributed by atoms with Gasteiger partial charge >= 0.3 is 12.0 Å². The SMILES string of the molecule is Cc1cccc(NC(=O)N2C[C@@H](C)[C@H](C(=O)O)C2)c1C#N. The Hall–Kier alpha value is -2.55. The van der Waals surface area contributed by atoms with Crippen molar-refractivity contribution in [3.8, 4) is 6.07 Å². The Morgan fingerprint density at radius 1 is 1.43 bits per heavy atom. The predicted molar refractivity (Wildman–Crippen MR) is 76.8 cm³/mol. The van der Waals surface area contributed by atoms with Gasteiger partial charge in [0.2, 0.25) is 0 Å². The largest absolute Gasteiger partial charge is 0.481 e. The maximum atomic E-state index is 12.2. The quantitative estimate of drug-likeness (QED) is 0.870. The lowest BCUT2D eigenvalue weighted by molar-refractivity contribution is -0.142. The summed E-state index contributed by atoms with van der Waals surface area (Å²) in [5.74, 6) is -1.50. The number of aliphatic carboxylic acids is 1. The van der Waals surface area contributed by atoms with Crippen LogP contribution in [0, 0.1) is 30.1 Å². The first-order chi connectivity index (χ1) is 9.93. The van der Waals surface area contributed by atoms with Crippen LogP contribution in [-0.2, 0) is 4.79 Å². The van der Waals surface area contributed by atoms with E-state index in [0.29, 0.717) is 17.8 Å². The van der Waals surface area contributed by atoms with Crippen molar-refractivity contribution in [1.82, 2.24) is 4.90 Å². The number of nitriles is 1. The maximum absolute atomic E-state index is 12.2. The normalized spacial score (nSPS) is 20.9. The van der Waals surface area contributed by atoms with Crippen molar-refractivity contribution in [2.75, 3.05) is 18.4 Å². The number of aryl methyl sites for hydroxylation is 1. The third kappa shape index (κ3) is 2.97. The van der Waals surface area contributed by atoms with Crippen LogP contribution in [-0.4, -0.2) is 35.1 Å². The number of rotatable bonds is 2. The maximum Gasteiger partial charge on any atom is 0.321 e. The monoisotopic (exact) mass is 287 g/mol. The summed E-state index contributed by atoms with van der Waals surface area (Å²) in [7, 11) is 0. The molecule has 1 heterocycles. The third-order valence-corrected chi connectivity index (χ3v) is 3.84. The molecule has 0 spiro atoms. The minimum atomic E-state index is -0.883. The second-order valence-electron chi connectivity index (χ2n) is 5.37. The summed E-state index contributed by atoms with van der Waals surface area (Å²) in [5.41, 5.74) is 1.66. The topological polar surface area (TPSA) is 93.4 Å². The Balaban J connectivity index is 2.12. The number of hydrogen-bond donors (Lipinski definition) is 2. The van der Waals surface area contributed by atoms with E-state index in [0.717, 1.165) is 5.56 Å². The highest BCUT2D eigenvalue weighted by molar-refractivity contribution is 5.91. The van der Waals surface area contributed by atoms with E-state index in [1.54, 1.807) is 25.1 Å². The number of carboxylic acid groups (broad SMARTS) is 1. The first-order valence-electron chi connectivity index (χ1n) is 6.72. The molecule has 1 fully saturated rings. The molecular weight excluding hydrogens is 270 g/mol. The zero-order valence-corrected chi connectivity index (χ0v) is 12.0. The van der Waals surface area contributed by atoms with Crippen molar-refractivity contribution in [2.24, 2.45) is 11.8 Å². The minimum absolute atomic E-state index is 0.0822. The summed E-state index contributed by atoms with van der Waals surface area (Å²) >= 11 is 0. The molecule has 1 aromatic carbocycles. The van der Waals surface area contributed by atoms with Crippen LogP contribution in [0.5, 0.6) is 0 Å². The van der Waals surface area contributed by atoms with Gasteiger partial charge in [-0.1, -0.05) is 19.1 Å². The van der Waals surface area contributed by atoms with Gasteiger partial charge in [0.25, 0.3) is 0 Å². The van der Waals surface area contributed by atoms with E-state index in [4.69, 9.17) is 10.4 Å².